The molecule has 0 aromatic heterocycles. The van der Waals surface area contributed by atoms with Gasteiger partial charge in [0, 0.05) is 0 Å². The first-order valence-corrected chi connectivity index (χ1v) is 3.81. The van der Waals surface area contributed by atoms with Crippen LogP contribution in [0, 0.1) is 0 Å². The Morgan fingerprint density at radius 3 is 1.83 bits per heavy atom. The molecule has 0 aliphatic heterocycles. The molecular formula is C10H9ClTi. The molecule has 0 heterocycles. The molecule has 2 aromatic carbocycles. The van der Waals surface area contributed by atoms with Gasteiger partial charge in [-0.05, 0) is 0 Å². The maximum absolute atomic E-state index is 5.46. The van der Waals surface area contributed by atoms with Crippen molar-refractivity contribution in [3.8, 4) is 0 Å². The quantitative estimate of drug-likeness (QED) is 0.463. The van der Waals surface area contributed by atoms with Crippen molar-refractivity contribution in [1.82, 2.24) is 0 Å². The van der Waals surface area contributed by atoms with Crippen LogP contribution in [-0.4, -0.2) is 0 Å². The molecule has 0 atom stereocenters. The average molecular weight is 213 g/mol. The fourth-order valence-electron chi connectivity index (χ4n) is 0.671. The van der Waals surface area contributed by atoms with E-state index in [1.807, 2.05) is 54.6 Å². The summed E-state index contributed by atoms with van der Waals surface area (Å²) in [5.41, 5.74) is 0. The summed E-state index contributed by atoms with van der Waals surface area (Å²) in [7, 11) is 0. The predicted molar refractivity (Wildman–Crippen MR) is 49.1 cm³/mol. The minimum absolute atomic E-state index is 0. The monoisotopic (exact) mass is 212 g/mol. The molecule has 0 saturated carbocycles. The van der Waals surface area contributed by atoms with Gasteiger partial charge in [0.2, 0.25) is 0 Å². The predicted octanol–water partition coefficient (Wildman–Crippen LogP) is 3.46. The van der Waals surface area contributed by atoms with E-state index in [9.17, 15) is 0 Å². The van der Waals surface area contributed by atoms with Gasteiger partial charge in [0.15, 0.2) is 0 Å². The van der Waals surface area contributed by atoms with Gasteiger partial charge in [0.1, 0.15) is 0 Å². The topological polar surface area (TPSA) is 0 Å². The summed E-state index contributed by atoms with van der Waals surface area (Å²) in [6.45, 7) is 0. The number of hydrogen-bond donors (Lipinski definition) is 0. The van der Waals surface area contributed by atoms with Crippen LogP contribution < -0.4 is 0 Å². The van der Waals surface area contributed by atoms with Crippen molar-refractivity contribution in [2.75, 3.05) is 0 Å². The van der Waals surface area contributed by atoms with E-state index in [1.165, 1.54) is 0 Å². The van der Waals surface area contributed by atoms with Gasteiger partial charge >= 0.3 is 21.7 Å². The number of halogens is 1. The first-order valence-electron chi connectivity index (χ1n) is 3.43. The third-order valence-corrected chi connectivity index (χ3v) is 1.43. The molecule has 12 heavy (non-hydrogen) atoms. The van der Waals surface area contributed by atoms with Crippen LogP contribution in [0.4, 0.5) is 0 Å². The van der Waals surface area contributed by atoms with Crippen molar-refractivity contribution >= 4 is 11.6 Å². The van der Waals surface area contributed by atoms with Crippen LogP contribution in [-0.2, 0) is 21.7 Å². The molecule has 2 heteroatoms. The van der Waals surface area contributed by atoms with Crippen molar-refractivity contribution in [3.05, 3.63) is 59.6 Å². The second-order valence-corrected chi connectivity index (χ2v) is 2.50. The standard InChI is InChI=1S/C5H4Cl.C5H5.Ti/c6-5-3-1-2-4-5;1-2-4-5-3-1;/h1-4H;1-5H;/q2*-1;+2. The fourth-order valence-corrected chi connectivity index (χ4v) is 0.817. The van der Waals surface area contributed by atoms with Crippen LogP contribution >= 0.6 is 11.6 Å². The maximum Gasteiger partial charge on any atom is 2.00 e. The molecule has 0 N–H and O–H groups in total. The normalized spacial score (nSPS) is 7.75. The van der Waals surface area contributed by atoms with Crippen molar-refractivity contribution in [2.24, 2.45) is 0 Å². The molecule has 0 unspecified atom stereocenters. The van der Waals surface area contributed by atoms with E-state index < -0.39 is 0 Å². The van der Waals surface area contributed by atoms with Gasteiger partial charge in [-0.3, -0.25) is 0 Å². The van der Waals surface area contributed by atoms with Crippen LogP contribution in [0.1, 0.15) is 0 Å². The van der Waals surface area contributed by atoms with E-state index in [0.29, 0.717) is 0 Å². The number of hydrogen-bond acceptors (Lipinski definition) is 0. The Morgan fingerprint density at radius 2 is 1.67 bits per heavy atom. The van der Waals surface area contributed by atoms with Gasteiger partial charge in [0.25, 0.3) is 0 Å². The Balaban J connectivity index is 0.000000189. The molecule has 0 aliphatic rings. The largest absolute Gasteiger partial charge is 2.00 e. The van der Waals surface area contributed by atoms with Gasteiger partial charge in [-0.25, -0.2) is 18.2 Å². The van der Waals surface area contributed by atoms with E-state index in [1.54, 1.807) is 0 Å². The molecule has 2 aromatic rings. The zero-order valence-electron chi connectivity index (χ0n) is 6.57. The summed E-state index contributed by atoms with van der Waals surface area (Å²) in [4.78, 5) is 0. The molecule has 2 rings (SSSR count). The molecule has 0 aliphatic carbocycles. The second kappa shape index (κ2) is 7.36. The summed E-state index contributed by atoms with van der Waals surface area (Å²) < 4.78 is 0. The molecule has 0 fully saturated rings. The zero-order chi connectivity index (χ0) is 7.94. The van der Waals surface area contributed by atoms with E-state index >= 15 is 0 Å². The summed E-state index contributed by atoms with van der Waals surface area (Å²) in [6, 6.07) is 17.5. The maximum atomic E-state index is 5.46. The summed E-state index contributed by atoms with van der Waals surface area (Å²) >= 11 is 5.46. The SMILES string of the molecule is Clc1ccc[cH-]1.[Ti+2].c1cc[cH-]c1. The summed E-state index contributed by atoms with van der Waals surface area (Å²) in [5, 5.41) is 0.815. The van der Waals surface area contributed by atoms with Crippen molar-refractivity contribution in [1.29, 1.82) is 0 Å². The minimum Gasteiger partial charge on any atom is -0.214 e. The Hall–Kier alpha value is -0.296. The van der Waals surface area contributed by atoms with Gasteiger partial charge in [0.05, 0.1) is 0 Å². The van der Waals surface area contributed by atoms with Crippen molar-refractivity contribution in [3.63, 3.8) is 0 Å². The Labute approximate surface area is 92.8 Å². The van der Waals surface area contributed by atoms with Gasteiger partial charge in [-0.2, -0.15) is 36.4 Å². The Bertz CT molecular complexity index is 228. The van der Waals surface area contributed by atoms with Gasteiger partial charge in [-0.15, -0.1) is 11.6 Å². The van der Waals surface area contributed by atoms with Crippen LogP contribution in [0.25, 0.3) is 0 Å². The van der Waals surface area contributed by atoms with Crippen LogP contribution in [0.15, 0.2) is 54.6 Å². The smallest absolute Gasteiger partial charge is 0.214 e. The van der Waals surface area contributed by atoms with Gasteiger partial charge in [-0.1, -0.05) is 5.02 Å². The zero-order valence-corrected chi connectivity index (χ0v) is 8.89. The van der Waals surface area contributed by atoms with Crippen LogP contribution in [0.5, 0.6) is 0 Å². The van der Waals surface area contributed by atoms with Crippen LogP contribution in [0.2, 0.25) is 5.02 Å². The van der Waals surface area contributed by atoms with Crippen molar-refractivity contribution < 1.29 is 21.7 Å². The average Bonchev–Trinajstić information content (AvgIpc) is 2.57. The van der Waals surface area contributed by atoms with E-state index in [2.05, 4.69) is 0 Å². The molecule has 0 bridgehead atoms. The molecule has 0 amide bonds. The van der Waals surface area contributed by atoms with E-state index in [4.69, 9.17) is 11.6 Å². The minimum atomic E-state index is 0. The summed E-state index contributed by atoms with van der Waals surface area (Å²) in [5.74, 6) is 0. The molecule has 0 nitrogen and oxygen atoms in total. The third-order valence-electron chi connectivity index (χ3n) is 1.18. The van der Waals surface area contributed by atoms with Crippen LogP contribution in [0.3, 0.4) is 0 Å². The molecular weight excluding hydrogens is 203 g/mol. The molecule has 60 valence electrons. The fraction of sp³-hybridized carbons (Fsp3) is 0. The van der Waals surface area contributed by atoms with Gasteiger partial charge < -0.3 is 0 Å². The summed E-state index contributed by atoms with van der Waals surface area (Å²) in [6.07, 6.45) is 0. The first kappa shape index (κ1) is 11.7. The second-order valence-electron chi connectivity index (χ2n) is 2.07. The van der Waals surface area contributed by atoms with E-state index in [0.717, 1.165) is 5.02 Å². The molecule has 0 radical (unpaired) electrons. The molecule has 0 spiro atoms. The Morgan fingerprint density at radius 1 is 1.00 bits per heavy atom. The Kier molecular flexibility index (Phi) is 7.18. The number of rotatable bonds is 0. The van der Waals surface area contributed by atoms with E-state index in [-0.39, 0.29) is 21.7 Å². The van der Waals surface area contributed by atoms with Crippen molar-refractivity contribution in [2.45, 2.75) is 0 Å². The third kappa shape index (κ3) is 5.37. The first-order chi connectivity index (χ1) is 5.39. The molecule has 0 saturated heterocycles.